The highest BCUT2D eigenvalue weighted by molar-refractivity contribution is 5.19. The number of hydrogen-bond acceptors (Lipinski definition) is 1. The number of nitrogens with two attached hydrogens (primary N) is 1. The van der Waals surface area contributed by atoms with E-state index in [1.807, 2.05) is 0 Å². The SMILES string of the molecule is N[C@@H](CC(F)(F)F)c1ccc(F)cc1. The van der Waals surface area contributed by atoms with E-state index in [0.29, 0.717) is 0 Å². The zero-order valence-electron chi connectivity index (χ0n) is 7.18. The van der Waals surface area contributed by atoms with E-state index < -0.39 is 24.5 Å². The minimum Gasteiger partial charge on any atom is -0.324 e. The van der Waals surface area contributed by atoms with Crippen molar-refractivity contribution in [1.82, 2.24) is 0 Å². The fourth-order valence-corrected chi connectivity index (χ4v) is 1.08. The molecule has 0 unspecified atom stereocenters. The van der Waals surface area contributed by atoms with Gasteiger partial charge in [-0.05, 0) is 17.7 Å². The molecule has 0 saturated heterocycles. The summed E-state index contributed by atoms with van der Waals surface area (Å²) in [5.41, 5.74) is 5.57. The average molecular weight is 207 g/mol. The topological polar surface area (TPSA) is 26.0 Å². The van der Waals surface area contributed by atoms with Gasteiger partial charge in [0.2, 0.25) is 0 Å². The van der Waals surface area contributed by atoms with Crippen LogP contribution in [0.3, 0.4) is 0 Å². The fourth-order valence-electron chi connectivity index (χ4n) is 1.08. The van der Waals surface area contributed by atoms with Crippen molar-refractivity contribution in [2.45, 2.75) is 18.6 Å². The summed E-state index contributed by atoms with van der Waals surface area (Å²) in [7, 11) is 0. The first-order valence-electron chi connectivity index (χ1n) is 3.96. The van der Waals surface area contributed by atoms with Gasteiger partial charge in [-0.2, -0.15) is 13.2 Å². The summed E-state index contributed by atoms with van der Waals surface area (Å²) < 4.78 is 48.2. The zero-order valence-corrected chi connectivity index (χ0v) is 7.18. The molecule has 0 radical (unpaired) electrons. The van der Waals surface area contributed by atoms with Gasteiger partial charge in [-0.3, -0.25) is 0 Å². The molecule has 1 aromatic rings. The molecule has 78 valence electrons. The van der Waals surface area contributed by atoms with E-state index in [9.17, 15) is 17.6 Å². The maximum absolute atomic E-state index is 12.4. The van der Waals surface area contributed by atoms with Crippen LogP contribution in [0.4, 0.5) is 17.6 Å². The van der Waals surface area contributed by atoms with Gasteiger partial charge in [0.25, 0.3) is 0 Å². The molecule has 0 bridgehead atoms. The molecule has 0 fully saturated rings. The van der Waals surface area contributed by atoms with Crippen molar-refractivity contribution in [1.29, 1.82) is 0 Å². The van der Waals surface area contributed by atoms with Gasteiger partial charge in [0.05, 0.1) is 6.42 Å². The third-order valence-electron chi connectivity index (χ3n) is 1.75. The van der Waals surface area contributed by atoms with Gasteiger partial charge >= 0.3 is 6.18 Å². The van der Waals surface area contributed by atoms with Crippen LogP contribution in [0.2, 0.25) is 0 Å². The third kappa shape index (κ3) is 3.33. The Morgan fingerprint density at radius 3 is 2.07 bits per heavy atom. The Morgan fingerprint density at radius 1 is 1.14 bits per heavy atom. The molecule has 0 spiro atoms. The molecule has 1 aromatic carbocycles. The minimum absolute atomic E-state index is 0.281. The smallest absolute Gasteiger partial charge is 0.324 e. The monoisotopic (exact) mass is 207 g/mol. The fraction of sp³-hybridized carbons (Fsp3) is 0.333. The van der Waals surface area contributed by atoms with Crippen molar-refractivity contribution >= 4 is 0 Å². The first-order valence-corrected chi connectivity index (χ1v) is 3.96. The van der Waals surface area contributed by atoms with Crippen molar-refractivity contribution in [3.05, 3.63) is 35.6 Å². The Balaban J connectivity index is 2.70. The lowest BCUT2D eigenvalue weighted by Gasteiger charge is -2.14. The van der Waals surface area contributed by atoms with Gasteiger partial charge in [0, 0.05) is 6.04 Å². The van der Waals surface area contributed by atoms with Gasteiger partial charge in [-0.1, -0.05) is 12.1 Å². The first kappa shape index (κ1) is 11.0. The molecule has 0 amide bonds. The molecule has 1 nitrogen and oxygen atoms in total. The molecule has 1 rings (SSSR count). The Bertz CT molecular complexity index is 291. The summed E-state index contributed by atoms with van der Waals surface area (Å²) >= 11 is 0. The van der Waals surface area contributed by atoms with Gasteiger partial charge in [0.15, 0.2) is 0 Å². The normalized spacial score (nSPS) is 14.1. The standard InChI is InChI=1S/C9H9F4N/c10-7-3-1-6(2-4-7)8(14)5-9(11,12)13/h1-4,8H,5,14H2/t8-/m0/s1. The molecular weight excluding hydrogens is 198 g/mol. The molecule has 0 saturated carbocycles. The van der Waals surface area contributed by atoms with Crippen LogP contribution in [0.5, 0.6) is 0 Å². The lowest BCUT2D eigenvalue weighted by molar-refractivity contribution is -0.138. The lowest BCUT2D eigenvalue weighted by atomic mass is 10.0. The minimum atomic E-state index is -4.30. The van der Waals surface area contributed by atoms with Gasteiger partial charge in [0.1, 0.15) is 5.82 Å². The molecular formula is C9H9F4N. The van der Waals surface area contributed by atoms with Crippen LogP contribution in [0.15, 0.2) is 24.3 Å². The first-order chi connectivity index (χ1) is 6.38. The highest BCUT2D eigenvalue weighted by Gasteiger charge is 2.30. The van der Waals surface area contributed by atoms with Crippen LogP contribution >= 0.6 is 0 Å². The maximum atomic E-state index is 12.4. The molecule has 0 aliphatic heterocycles. The molecule has 0 heterocycles. The highest BCUT2D eigenvalue weighted by atomic mass is 19.4. The second-order valence-corrected chi connectivity index (χ2v) is 2.98. The molecule has 0 aromatic heterocycles. The maximum Gasteiger partial charge on any atom is 0.390 e. The molecule has 0 aliphatic carbocycles. The van der Waals surface area contributed by atoms with Crippen LogP contribution in [0.25, 0.3) is 0 Å². The van der Waals surface area contributed by atoms with E-state index in [4.69, 9.17) is 5.73 Å². The van der Waals surface area contributed by atoms with Crippen LogP contribution in [-0.4, -0.2) is 6.18 Å². The zero-order chi connectivity index (χ0) is 10.8. The summed E-state index contributed by atoms with van der Waals surface area (Å²) in [6.07, 6.45) is -5.40. The summed E-state index contributed by atoms with van der Waals surface area (Å²) in [5, 5.41) is 0. The van der Waals surface area contributed by atoms with Crippen LogP contribution < -0.4 is 5.73 Å². The van der Waals surface area contributed by atoms with Crippen LogP contribution in [-0.2, 0) is 0 Å². The van der Waals surface area contributed by atoms with Crippen molar-refractivity contribution < 1.29 is 17.6 Å². The Morgan fingerprint density at radius 2 is 1.64 bits per heavy atom. The van der Waals surface area contributed by atoms with Gasteiger partial charge < -0.3 is 5.73 Å². The molecule has 2 N–H and O–H groups in total. The van der Waals surface area contributed by atoms with E-state index in [1.165, 1.54) is 12.1 Å². The third-order valence-corrected chi connectivity index (χ3v) is 1.75. The quantitative estimate of drug-likeness (QED) is 0.741. The molecule has 0 aliphatic rings. The number of rotatable bonds is 2. The molecule has 14 heavy (non-hydrogen) atoms. The summed E-state index contributed by atoms with van der Waals surface area (Å²) in [5.74, 6) is -0.493. The number of hydrogen-bond donors (Lipinski definition) is 1. The number of alkyl halides is 3. The largest absolute Gasteiger partial charge is 0.390 e. The van der Waals surface area contributed by atoms with Crippen LogP contribution in [0.1, 0.15) is 18.0 Å². The van der Waals surface area contributed by atoms with Crippen molar-refractivity contribution in [2.24, 2.45) is 5.73 Å². The number of halogens is 4. The van der Waals surface area contributed by atoms with E-state index in [0.717, 1.165) is 12.1 Å². The van der Waals surface area contributed by atoms with E-state index in [2.05, 4.69) is 0 Å². The van der Waals surface area contributed by atoms with E-state index >= 15 is 0 Å². The summed E-state index contributed by atoms with van der Waals surface area (Å²) in [6.45, 7) is 0. The lowest BCUT2D eigenvalue weighted by Crippen LogP contribution is -2.20. The average Bonchev–Trinajstić information content (AvgIpc) is 2.02. The van der Waals surface area contributed by atoms with Crippen molar-refractivity contribution in [2.75, 3.05) is 0 Å². The summed E-state index contributed by atoms with van der Waals surface area (Å²) in [6, 6.07) is 3.56. The number of benzene rings is 1. The second-order valence-electron chi connectivity index (χ2n) is 2.98. The Labute approximate surface area is 78.5 Å². The van der Waals surface area contributed by atoms with E-state index in [-0.39, 0.29) is 5.56 Å². The Kier molecular flexibility index (Phi) is 3.10. The Hall–Kier alpha value is -1.10. The highest BCUT2D eigenvalue weighted by Crippen LogP contribution is 2.27. The van der Waals surface area contributed by atoms with Crippen molar-refractivity contribution in [3.63, 3.8) is 0 Å². The van der Waals surface area contributed by atoms with Gasteiger partial charge in [-0.15, -0.1) is 0 Å². The van der Waals surface area contributed by atoms with Gasteiger partial charge in [-0.25, -0.2) is 4.39 Å². The van der Waals surface area contributed by atoms with Crippen LogP contribution in [0, 0.1) is 5.82 Å². The summed E-state index contributed by atoms with van der Waals surface area (Å²) in [4.78, 5) is 0. The predicted octanol–water partition coefficient (Wildman–Crippen LogP) is 2.78. The second kappa shape index (κ2) is 3.96. The molecule has 1 atom stereocenters. The van der Waals surface area contributed by atoms with Crippen molar-refractivity contribution in [3.8, 4) is 0 Å². The molecule has 5 heteroatoms. The predicted molar refractivity (Wildman–Crippen MR) is 44.0 cm³/mol. The van der Waals surface area contributed by atoms with E-state index in [1.54, 1.807) is 0 Å².